The highest BCUT2D eigenvalue weighted by Crippen LogP contribution is 2.49. The van der Waals surface area contributed by atoms with Crippen LogP contribution in [-0.2, 0) is 39.8 Å². The topological polar surface area (TPSA) is 156 Å². The molecule has 4 bridgehead atoms. The number of esters is 1. The molecule has 0 saturated carbocycles. The van der Waals surface area contributed by atoms with Gasteiger partial charge in [0.15, 0.2) is 5.72 Å². The van der Waals surface area contributed by atoms with E-state index in [9.17, 15) is 24.3 Å². The van der Waals surface area contributed by atoms with Gasteiger partial charge in [0.1, 0.15) is 40.7 Å². The largest absolute Gasteiger partial charge is 0.495 e. The van der Waals surface area contributed by atoms with Crippen LogP contribution in [0.1, 0.15) is 71.8 Å². The maximum Gasteiger partial charge on any atom is 0.409 e. The first-order chi connectivity index (χ1) is 24.5. The van der Waals surface area contributed by atoms with Crippen molar-refractivity contribution in [3.8, 4) is 5.75 Å². The van der Waals surface area contributed by atoms with Crippen molar-refractivity contribution in [3.63, 3.8) is 0 Å². The third-order valence-corrected chi connectivity index (χ3v) is 11.7. The number of epoxide rings is 1. The number of thioether (sulfide) groups is 1. The van der Waals surface area contributed by atoms with E-state index in [0.717, 1.165) is 16.9 Å². The Morgan fingerprint density at radius 1 is 1.25 bits per heavy atom. The number of alkyl carbamates (subject to hydrolysis) is 1. The smallest absolute Gasteiger partial charge is 0.409 e. The van der Waals surface area contributed by atoms with Crippen molar-refractivity contribution in [2.75, 3.05) is 45.2 Å². The summed E-state index contributed by atoms with van der Waals surface area (Å²) in [6, 6.07) is 2.70. The minimum atomic E-state index is -1.73. The molecule has 1 aromatic carbocycles. The summed E-state index contributed by atoms with van der Waals surface area (Å²) >= 11 is 8.40. The molecule has 0 spiro atoms. The molecule has 0 radical (unpaired) electrons. The van der Waals surface area contributed by atoms with Crippen LogP contribution >= 0.6 is 23.4 Å². The minimum absolute atomic E-state index is 0.00772. The monoisotopic (exact) mass is 767 g/mol. The van der Waals surface area contributed by atoms with E-state index in [-0.39, 0.29) is 30.2 Å². The SMILES string of the molecule is COc1cc2cc(c1Cl)N(C)C(=O)C[C@H](OC(=O)[C@H](C)N(C)C(=O)CCCSC)[C@]1(C)O[C@H]1[C@H](C)[C@@H]1C[C@@](O)(NC(=O)O1)[C@H](OC)CC/C=C(\C)C2. The molecule has 3 aliphatic rings. The number of aliphatic hydroxyl groups is 1. The Kier molecular flexibility index (Phi) is 14.0. The Balaban J connectivity index is 1.72. The molecule has 8 atom stereocenters. The van der Waals surface area contributed by atoms with Gasteiger partial charge in [-0.05, 0) is 76.2 Å². The first-order valence-electron chi connectivity index (χ1n) is 17.6. The van der Waals surface area contributed by atoms with Crippen LogP contribution in [0.5, 0.6) is 5.75 Å². The highest BCUT2D eigenvalue weighted by atomic mass is 35.5. The summed E-state index contributed by atoms with van der Waals surface area (Å²) in [6.07, 6.45) is 2.07. The molecule has 3 heterocycles. The lowest BCUT2D eigenvalue weighted by atomic mass is 9.83. The van der Waals surface area contributed by atoms with E-state index < -0.39 is 65.7 Å². The summed E-state index contributed by atoms with van der Waals surface area (Å²) in [6.45, 7) is 7.12. The summed E-state index contributed by atoms with van der Waals surface area (Å²) in [5.41, 5.74) is -0.635. The highest BCUT2D eigenvalue weighted by molar-refractivity contribution is 7.98. The van der Waals surface area contributed by atoms with Crippen molar-refractivity contribution in [1.82, 2.24) is 10.2 Å². The third kappa shape index (κ3) is 9.36. The molecule has 15 heteroatoms. The van der Waals surface area contributed by atoms with Crippen LogP contribution in [0.4, 0.5) is 10.5 Å². The van der Waals surface area contributed by atoms with Crippen LogP contribution < -0.4 is 15.0 Å². The lowest BCUT2D eigenvalue weighted by Gasteiger charge is -2.43. The van der Waals surface area contributed by atoms with Gasteiger partial charge in [-0.1, -0.05) is 30.2 Å². The van der Waals surface area contributed by atoms with Crippen LogP contribution in [-0.4, -0.2) is 116 Å². The lowest BCUT2D eigenvalue weighted by Crippen LogP contribution is -2.64. The number of ether oxygens (including phenoxy) is 5. The number of amides is 3. The van der Waals surface area contributed by atoms with Gasteiger partial charge in [-0.2, -0.15) is 11.8 Å². The molecule has 52 heavy (non-hydrogen) atoms. The van der Waals surface area contributed by atoms with E-state index in [0.29, 0.717) is 37.1 Å². The van der Waals surface area contributed by atoms with Crippen LogP contribution in [0.2, 0.25) is 5.02 Å². The molecule has 0 aromatic heterocycles. The number of fused-ring (bicyclic) bond motifs is 5. The molecule has 0 unspecified atom stereocenters. The maximum atomic E-state index is 14.1. The molecule has 13 nitrogen and oxygen atoms in total. The number of carbonyl (C=O) groups excluding carboxylic acids is 4. The van der Waals surface area contributed by atoms with Crippen LogP contribution in [0.15, 0.2) is 23.8 Å². The fraction of sp³-hybridized carbons (Fsp3) is 0.676. The average Bonchev–Trinajstić information content (AvgIpc) is 3.80. The van der Waals surface area contributed by atoms with Gasteiger partial charge in [-0.3, -0.25) is 14.9 Å². The Morgan fingerprint density at radius 3 is 2.62 bits per heavy atom. The van der Waals surface area contributed by atoms with Gasteiger partial charge >= 0.3 is 12.1 Å². The molecule has 3 aliphatic heterocycles. The van der Waals surface area contributed by atoms with Gasteiger partial charge in [0.2, 0.25) is 11.8 Å². The number of carbonyl (C=O) groups is 4. The van der Waals surface area contributed by atoms with Crippen molar-refractivity contribution < 1.29 is 48.0 Å². The molecule has 2 fully saturated rings. The molecule has 0 aliphatic carbocycles. The van der Waals surface area contributed by atoms with E-state index in [2.05, 4.69) is 5.32 Å². The average molecular weight is 768 g/mol. The number of likely N-dealkylation sites (N-methyl/N-ethyl adjacent to an activating group) is 1. The van der Waals surface area contributed by atoms with Crippen LogP contribution in [0, 0.1) is 5.92 Å². The zero-order valence-corrected chi connectivity index (χ0v) is 33.2. The number of allylic oxidation sites excluding steroid dienone is 2. The van der Waals surface area contributed by atoms with E-state index >= 15 is 0 Å². The fourth-order valence-corrected chi connectivity index (χ4v) is 7.83. The summed E-state index contributed by atoms with van der Waals surface area (Å²) < 4.78 is 29.3. The lowest BCUT2D eigenvalue weighted by molar-refractivity contribution is -0.162. The van der Waals surface area contributed by atoms with Gasteiger partial charge in [-0.25, -0.2) is 9.59 Å². The predicted molar refractivity (Wildman–Crippen MR) is 199 cm³/mol. The number of halogens is 1. The molecule has 1 aromatic rings. The zero-order chi connectivity index (χ0) is 38.5. The number of nitrogens with one attached hydrogen (secondary N) is 1. The molecule has 2 saturated heterocycles. The van der Waals surface area contributed by atoms with E-state index in [1.54, 1.807) is 39.7 Å². The molecule has 4 rings (SSSR count). The van der Waals surface area contributed by atoms with Gasteiger partial charge in [-0.15, -0.1) is 0 Å². The second-order valence-corrected chi connectivity index (χ2v) is 15.7. The third-order valence-electron chi connectivity index (χ3n) is 10.6. The number of anilines is 1. The van der Waals surface area contributed by atoms with Crippen molar-refractivity contribution in [3.05, 3.63) is 34.4 Å². The summed E-state index contributed by atoms with van der Waals surface area (Å²) in [5.74, 6) is -0.587. The molecular weight excluding hydrogens is 714 g/mol. The number of nitrogens with zero attached hydrogens (tertiary/aromatic N) is 2. The maximum absolute atomic E-state index is 14.1. The normalized spacial score (nSPS) is 31.2. The van der Waals surface area contributed by atoms with E-state index in [4.69, 9.17) is 35.3 Å². The van der Waals surface area contributed by atoms with Gasteiger partial charge < -0.3 is 38.6 Å². The quantitative estimate of drug-likeness (QED) is 0.153. The first-order valence-corrected chi connectivity index (χ1v) is 19.4. The predicted octanol–water partition coefficient (Wildman–Crippen LogP) is 4.88. The Morgan fingerprint density at radius 2 is 1.96 bits per heavy atom. The molecular formula is C37H54ClN3O10S. The van der Waals surface area contributed by atoms with E-state index in [1.807, 2.05) is 38.3 Å². The highest BCUT2D eigenvalue weighted by Gasteiger charge is 2.64. The number of benzene rings is 1. The Labute approximate surface area is 316 Å². The van der Waals surface area contributed by atoms with Crippen LogP contribution in [0.3, 0.4) is 0 Å². The van der Waals surface area contributed by atoms with Crippen molar-refractivity contribution in [2.24, 2.45) is 5.92 Å². The zero-order valence-electron chi connectivity index (χ0n) is 31.7. The van der Waals surface area contributed by atoms with Crippen molar-refractivity contribution in [2.45, 2.75) is 114 Å². The van der Waals surface area contributed by atoms with Crippen molar-refractivity contribution in [1.29, 1.82) is 0 Å². The fourth-order valence-electron chi connectivity index (χ4n) is 7.08. The molecule has 3 amide bonds. The number of methoxy groups -OCH3 is 2. The molecule has 2 N–H and O–H groups in total. The minimum Gasteiger partial charge on any atom is -0.495 e. The number of rotatable bonds is 9. The van der Waals surface area contributed by atoms with E-state index in [1.165, 1.54) is 24.0 Å². The summed E-state index contributed by atoms with van der Waals surface area (Å²) in [4.78, 5) is 56.3. The van der Waals surface area contributed by atoms with Gasteiger partial charge in [0.25, 0.3) is 0 Å². The van der Waals surface area contributed by atoms with Gasteiger partial charge in [0, 0.05) is 40.0 Å². The van der Waals surface area contributed by atoms with Gasteiger partial charge in [0.05, 0.1) is 25.3 Å². The second-order valence-electron chi connectivity index (χ2n) is 14.3. The Hall–Kier alpha value is -3.04. The molecule has 290 valence electrons. The number of hydrogen-bond acceptors (Lipinski definition) is 11. The number of hydrogen-bond donors (Lipinski definition) is 2. The van der Waals surface area contributed by atoms with Crippen LogP contribution in [0.25, 0.3) is 0 Å². The van der Waals surface area contributed by atoms with Crippen molar-refractivity contribution >= 4 is 52.9 Å². The summed E-state index contributed by atoms with van der Waals surface area (Å²) in [5, 5.41) is 14.6. The first kappa shape index (κ1) is 41.7. The summed E-state index contributed by atoms with van der Waals surface area (Å²) in [7, 11) is 6.14. The second kappa shape index (κ2) is 17.4. The standard InChI is InChI=1S/C37H54ClN3O10S/c1-21-12-10-13-28(48-8)37(46)20-27(49-35(45)39-37)22(2)33-36(4,51-33)29(50-34(44)23(3)40(5)30(42)14-11-15-52-9)19-31(43)41(6)25-17-24(16-21)18-26(47-7)32(25)38/h12,17-18,22-23,27-29,33,46H,10-11,13-16,19-20H2,1-9H3,(H,39,45)/b21-12+/t22-,23+,27+,28-,29+,33+,36+,37+/m1/s1. The Bertz CT molecular complexity index is 1530.